The molecule has 3 aromatic heterocycles. The van der Waals surface area contributed by atoms with Crippen LogP contribution in [0.3, 0.4) is 0 Å². The third-order valence-electron chi connectivity index (χ3n) is 12.9. The third kappa shape index (κ3) is 9.16. The number of halogens is 2. The number of rotatable bonds is 4. The molecule has 8 bridgehead atoms. The first-order valence-corrected chi connectivity index (χ1v) is 25.2. The Balaban J connectivity index is 1.50. The van der Waals surface area contributed by atoms with Crippen LogP contribution in [-0.4, -0.2) is 19.9 Å². The highest BCUT2D eigenvalue weighted by Crippen LogP contribution is 2.42. The van der Waals surface area contributed by atoms with Gasteiger partial charge in [0.2, 0.25) is 0 Å². The van der Waals surface area contributed by atoms with E-state index in [4.69, 9.17) is 9.97 Å². The second-order valence-electron chi connectivity index (χ2n) is 22.1. The van der Waals surface area contributed by atoms with Gasteiger partial charge < -0.3 is 9.97 Å². The summed E-state index contributed by atoms with van der Waals surface area (Å²) >= 11 is 4.77. The molecule has 2 aliphatic rings. The Bertz CT molecular complexity index is 2990. The third-order valence-corrected chi connectivity index (χ3v) is 14.4. The molecular formula is C60H60I2N4. The smallest absolute Gasteiger partial charge is 0.0737 e. The zero-order chi connectivity index (χ0) is 47.1. The fourth-order valence-electron chi connectivity index (χ4n) is 8.93. The molecule has 0 aliphatic carbocycles. The van der Waals surface area contributed by atoms with Crippen LogP contribution >= 0.6 is 45.2 Å². The highest BCUT2D eigenvalue weighted by atomic mass is 127. The highest BCUT2D eigenvalue weighted by molar-refractivity contribution is 14.1. The molecule has 0 spiro atoms. The van der Waals surface area contributed by atoms with E-state index in [0.717, 1.165) is 89.4 Å². The lowest BCUT2D eigenvalue weighted by Crippen LogP contribution is -2.16. The van der Waals surface area contributed by atoms with Crippen molar-refractivity contribution in [3.05, 3.63) is 161 Å². The van der Waals surface area contributed by atoms with Crippen LogP contribution in [0.4, 0.5) is 0 Å². The van der Waals surface area contributed by atoms with E-state index in [1.807, 2.05) is 0 Å². The van der Waals surface area contributed by atoms with Crippen molar-refractivity contribution in [1.82, 2.24) is 19.9 Å². The van der Waals surface area contributed by atoms with Crippen LogP contribution in [-0.2, 0) is 21.7 Å². The van der Waals surface area contributed by atoms with Crippen molar-refractivity contribution in [2.45, 2.75) is 105 Å². The Morgan fingerprint density at radius 3 is 0.803 bits per heavy atom. The number of hydrogen-bond donors (Lipinski definition) is 2. The molecule has 0 amide bonds. The van der Waals surface area contributed by atoms with Gasteiger partial charge in [-0.1, -0.05) is 144 Å². The Hall–Kier alpha value is -5.06. The molecule has 0 radical (unpaired) electrons. The molecule has 0 fully saturated rings. The van der Waals surface area contributed by atoms with Crippen LogP contribution in [0.1, 0.15) is 128 Å². The maximum absolute atomic E-state index is 5.64. The zero-order valence-corrected chi connectivity index (χ0v) is 44.7. The molecule has 2 aliphatic heterocycles. The Kier molecular flexibility index (Phi) is 11.8. The molecule has 0 unspecified atom stereocenters. The monoisotopic (exact) mass is 1090 g/mol. The van der Waals surface area contributed by atoms with Crippen LogP contribution in [0.15, 0.2) is 109 Å². The van der Waals surface area contributed by atoms with Gasteiger partial charge in [0.1, 0.15) is 0 Å². The molecule has 0 saturated carbocycles. The minimum Gasteiger partial charge on any atom is -0.354 e. The van der Waals surface area contributed by atoms with E-state index in [2.05, 4.69) is 272 Å². The van der Waals surface area contributed by atoms with Gasteiger partial charge in [0.05, 0.1) is 22.8 Å². The number of fused-ring (bicyclic) bond motifs is 8. The summed E-state index contributed by atoms with van der Waals surface area (Å²) in [6.07, 6.45) is 8.81. The number of H-pyrrole nitrogens is 2. The number of nitrogens with one attached hydrogen (secondary N) is 2. The van der Waals surface area contributed by atoms with Gasteiger partial charge in [0.25, 0.3) is 0 Å². The summed E-state index contributed by atoms with van der Waals surface area (Å²) in [5.41, 5.74) is 21.2. The quantitative estimate of drug-likeness (QED) is 0.173. The summed E-state index contributed by atoms with van der Waals surface area (Å²) in [5, 5.41) is 0. The maximum atomic E-state index is 5.64. The Morgan fingerprint density at radius 1 is 0.318 bits per heavy atom. The van der Waals surface area contributed by atoms with Gasteiger partial charge in [0, 0.05) is 51.5 Å². The summed E-state index contributed by atoms with van der Waals surface area (Å²) < 4.78 is 2.37. The lowest BCUT2D eigenvalue weighted by molar-refractivity contribution is 0.568. The predicted octanol–water partition coefficient (Wildman–Crippen LogP) is 17.7. The second-order valence-corrected chi connectivity index (χ2v) is 24.6. The molecule has 334 valence electrons. The fraction of sp³-hybridized carbons (Fsp3) is 0.267. The maximum Gasteiger partial charge on any atom is 0.0737 e. The van der Waals surface area contributed by atoms with Crippen LogP contribution in [0.2, 0.25) is 0 Å². The van der Waals surface area contributed by atoms with Crippen molar-refractivity contribution in [2.75, 3.05) is 0 Å². The average molecular weight is 1090 g/mol. The average Bonchev–Trinajstić information content (AvgIpc) is 4.09. The van der Waals surface area contributed by atoms with Gasteiger partial charge in [-0.3, -0.25) is 0 Å². The Morgan fingerprint density at radius 2 is 0.561 bits per heavy atom. The molecular weight excluding hydrogens is 1030 g/mol. The largest absolute Gasteiger partial charge is 0.354 e. The fourth-order valence-corrected chi connectivity index (χ4v) is 9.65. The number of aromatic nitrogens is 4. The van der Waals surface area contributed by atoms with Crippen LogP contribution in [0, 0.1) is 7.14 Å². The summed E-state index contributed by atoms with van der Waals surface area (Å²) in [6, 6.07) is 40.8. The summed E-state index contributed by atoms with van der Waals surface area (Å²) in [4.78, 5) is 19.2. The lowest BCUT2D eigenvalue weighted by Gasteiger charge is -2.26. The SMILES string of the molecule is CC(C)(C)c1cc(-c2c3nc(c(-c4ccc(I)cc4)c4ccc([nH]4)c(-c4ccc(I)cc4)c4nc(c(-c5cc(C(C)(C)C)cc(C(C)(C)C)c5)c5ccc2[nH]5)C=C4)C=C3)cc(C(C)(C)C)c1. The van der Waals surface area contributed by atoms with Gasteiger partial charge in [0.15, 0.2) is 0 Å². The molecule has 4 nitrogen and oxygen atoms in total. The van der Waals surface area contributed by atoms with Gasteiger partial charge in [-0.15, -0.1) is 0 Å². The molecule has 66 heavy (non-hydrogen) atoms. The van der Waals surface area contributed by atoms with Crippen molar-refractivity contribution < 1.29 is 0 Å². The minimum absolute atomic E-state index is 0.0729. The summed E-state index contributed by atoms with van der Waals surface area (Å²) in [5.74, 6) is 0. The molecule has 4 aromatic carbocycles. The molecule has 6 heteroatoms. The van der Waals surface area contributed by atoms with E-state index in [9.17, 15) is 0 Å². The molecule has 7 aromatic rings. The van der Waals surface area contributed by atoms with E-state index >= 15 is 0 Å². The van der Waals surface area contributed by atoms with Gasteiger partial charge in [-0.2, -0.15) is 0 Å². The van der Waals surface area contributed by atoms with Crippen molar-refractivity contribution in [3.8, 4) is 44.5 Å². The second kappa shape index (κ2) is 16.9. The number of benzene rings is 4. The molecule has 0 saturated heterocycles. The van der Waals surface area contributed by atoms with E-state index < -0.39 is 0 Å². The number of aromatic amines is 2. The first-order valence-electron chi connectivity index (χ1n) is 23.0. The van der Waals surface area contributed by atoms with Crippen molar-refractivity contribution >= 4 is 91.6 Å². The Labute approximate surface area is 418 Å². The van der Waals surface area contributed by atoms with Crippen molar-refractivity contribution in [3.63, 3.8) is 0 Å². The first kappa shape index (κ1) is 46.1. The van der Waals surface area contributed by atoms with Crippen molar-refractivity contribution in [1.29, 1.82) is 0 Å². The normalized spacial score (nSPS) is 13.2. The van der Waals surface area contributed by atoms with Crippen LogP contribution < -0.4 is 0 Å². The van der Waals surface area contributed by atoms with Crippen molar-refractivity contribution in [2.24, 2.45) is 0 Å². The zero-order valence-electron chi connectivity index (χ0n) is 40.4. The topological polar surface area (TPSA) is 57.4 Å². The summed E-state index contributed by atoms with van der Waals surface area (Å²) in [7, 11) is 0. The van der Waals surface area contributed by atoms with E-state index in [-0.39, 0.29) is 21.7 Å². The van der Waals surface area contributed by atoms with E-state index in [0.29, 0.717) is 0 Å². The molecule has 5 heterocycles. The van der Waals surface area contributed by atoms with E-state index in [1.54, 1.807) is 0 Å². The van der Waals surface area contributed by atoms with Gasteiger partial charge in [-0.25, -0.2) is 9.97 Å². The first-order chi connectivity index (χ1) is 31.0. The standard InChI is InChI=1S/C60H60I2N4/c1-57(2,3)39-29-37(30-40(33-39)58(4,5)6)55-49-25-23-47(64-49)53(35-13-17-43(61)18-14-35)45-21-22-46(63-45)54(36-15-19-44(62)20-16-36)48-24-26-50(65-48)56(52-28-27-51(55)66-52)38-31-41(59(7,8)9)34-42(32-38)60(10,11)12/h13-34,63,66H,1-12H3. The van der Waals surface area contributed by atoms with E-state index in [1.165, 1.54) is 29.4 Å². The minimum atomic E-state index is -0.0729. The van der Waals surface area contributed by atoms with Gasteiger partial charge in [-0.05, 0) is 184 Å². The molecule has 2 N–H and O–H groups in total. The molecule has 9 rings (SSSR count). The molecule has 0 atom stereocenters. The van der Waals surface area contributed by atoms with Gasteiger partial charge >= 0.3 is 0 Å². The number of nitrogens with zero attached hydrogens (tertiary/aromatic N) is 2. The van der Waals surface area contributed by atoms with Crippen LogP contribution in [0.5, 0.6) is 0 Å². The lowest BCUT2D eigenvalue weighted by atomic mass is 9.79. The highest BCUT2D eigenvalue weighted by Gasteiger charge is 2.26. The summed E-state index contributed by atoms with van der Waals surface area (Å²) in [6.45, 7) is 27.7. The predicted molar refractivity (Wildman–Crippen MR) is 301 cm³/mol. The number of hydrogen-bond acceptors (Lipinski definition) is 2. The van der Waals surface area contributed by atoms with Crippen LogP contribution in [0.25, 0.3) is 90.9 Å².